The maximum atomic E-state index is 12.1. The van der Waals surface area contributed by atoms with E-state index in [0.29, 0.717) is 26.9 Å². The van der Waals surface area contributed by atoms with Crippen molar-refractivity contribution >= 4 is 55.8 Å². The number of benzene rings is 2. The highest BCUT2D eigenvalue weighted by molar-refractivity contribution is 9.11. The van der Waals surface area contributed by atoms with E-state index in [4.69, 9.17) is 14.2 Å². The van der Waals surface area contributed by atoms with Crippen LogP contribution in [0.25, 0.3) is 6.08 Å². The summed E-state index contributed by atoms with van der Waals surface area (Å²) in [6.07, 6.45) is 1.61. The topological polar surface area (TPSA) is 74.2 Å². The van der Waals surface area contributed by atoms with Crippen LogP contribution in [-0.4, -0.2) is 31.1 Å². The number of carbonyl (C=O) groups is 2. The summed E-state index contributed by atoms with van der Waals surface area (Å²) in [6, 6.07) is 12.7. The van der Waals surface area contributed by atoms with Gasteiger partial charge in [-0.3, -0.25) is 0 Å². The minimum atomic E-state index is -0.520. The first kappa shape index (κ1) is 20.3. The van der Waals surface area contributed by atoms with Crippen LogP contribution in [0.4, 0.5) is 0 Å². The molecule has 3 rings (SSSR count). The zero-order chi connectivity index (χ0) is 20.1. The number of hydrogen-bond acceptors (Lipinski definition) is 6. The Morgan fingerprint density at radius 2 is 1.86 bits per heavy atom. The van der Waals surface area contributed by atoms with E-state index in [9.17, 15) is 9.59 Å². The minimum absolute atomic E-state index is 0.192. The van der Waals surface area contributed by atoms with E-state index in [-0.39, 0.29) is 18.2 Å². The molecule has 0 aliphatic carbocycles. The van der Waals surface area contributed by atoms with Gasteiger partial charge in [-0.1, -0.05) is 18.2 Å². The van der Waals surface area contributed by atoms with Crippen LogP contribution in [0.15, 0.2) is 62.1 Å². The fraction of sp³-hybridized carbons (Fsp3) is 0.150. The molecule has 0 saturated carbocycles. The predicted molar refractivity (Wildman–Crippen MR) is 111 cm³/mol. The first-order chi connectivity index (χ1) is 13.5. The molecule has 6 nitrogen and oxygen atoms in total. The molecule has 0 fully saturated rings. The number of rotatable bonds is 6. The Morgan fingerprint density at radius 3 is 2.50 bits per heavy atom. The van der Waals surface area contributed by atoms with Crippen LogP contribution >= 0.6 is 31.9 Å². The first-order valence-electron chi connectivity index (χ1n) is 8.33. The number of ether oxygens (including phenoxy) is 3. The Morgan fingerprint density at radius 1 is 1.18 bits per heavy atom. The van der Waals surface area contributed by atoms with E-state index < -0.39 is 11.9 Å². The van der Waals surface area contributed by atoms with Gasteiger partial charge in [0.2, 0.25) is 5.90 Å². The molecular weight excluding hydrogens is 494 g/mol. The summed E-state index contributed by atoms with van der Waals surface area (Å²) in [5, 5.41) is 0. The number of nitrogens with zero attached hydrogens (tertiary/aromatic N) is 1. The molecule has 0 atom stereocenters. The zero-order valence-corrected chi connectivity index (χ0v) is 17.9. The molecule has 1 aliphatic heterocycles. The smallest absolute Gasteiger partial charge is 0.363 e. The largest absolute Gasteiger partial charge is 0.480 e. The molecule has 1 aliphatic rings. The average Bonchev–Trinajstić information content (AvgIpc) is 3.02. The summed E-state index contributed by atoms with van der Waals surface area (Å²) >= 11 is 6.82. The molecule has 0 unspecified atom stereocenters. The highest BCUT2D eigenvalue weighted by atomic mass is 79.9. The maximum Gasteiger partial charge on any atom is 0.363 e. The second kappa shape index (κ2) is 9.16. The van der Waals surface area contributed by atoms with Gasteiger partial charge in [0.1, 0.15) is 5.75 Å². The second-order valence-corrected chi connectivity index (χ2v) is 7.32. The van der Waals surface area contributed by atoms with Crippen LogP contribution in [0, 0.1) is 0 Å². The van der Waals surface area contributed by atoms with Crippen molar-refractivity contribution in [2.75, 3.05) is 13.2 Å². The third kappa shape index (κ3) is 4.88. The molecule has 0 N–H and O–H groups in total. The molecule has 0 amide bonds. The Bertz CT molecular complexity index is 947. The summed E-state index contributed by atoms with van der Waals surface area (Å²) < 4.78 is 16.8. The van der Waals surface area contributed by atoms with Crippen LogP contribution in [0.2, 0.25) is 0 Å². The molecule has 28 heavy (non-hydrogen) atoms. The molecule has 144 valence electrons. The van der Waals surface area contributed by atoms with Crippen molar-refractivity contribution in [3.8, 4) is 5.75 Å². The molecule has 8 heteroatoms. The quantitative estimate of drug-likeness (QED) is 0.424. The van der Waals surface area contributed by atoms with Crippen LogP contribution in [0.3, 0.4) is 0 Å². The molecule has 1 heterocycles. The van der Waals surface area contributed by atoms with Gasteiger partial charge in [0.15, 0.2) is 12.3 Å². The summed E-state index contributed by atoms with van der Waals surface area (Å²) in [4.78, 5) is 27.9. The SMILES string of the molecule is CCOC(=O)COc1c(Br)cc(/C=C2\N=C(c3ccccc3)OC2=O)cc1Br. The number of hydrogen-bond donors (Lipinski definition) is 0. The molecule has 0 bridgehead atoms. The van der Waals surface area contributed by atoms with Gasteiger partial charge in [-0.2, -0.15) is 0 Å². The van der Waals surface area contributed by atoms with Crippen molar-refractivity contribution in [2.45, 2.75) is 6.92 Å². The van der Waals surface area contributed by atoms with Gasteiger partial charge in [-0.25, -0.2) is 14.6 Å². The van der Waals surface area contributed by atoms with Crippen LogP contribution in [-0.2, 0) is 19.1 Å². The van der Waals surface area contributed by atoms with Crippen molar-refractivity contribution in [1.29, 1.82) is 0 Å². The molecule has 2 aromatic rings. The number of carbonyl (C=O) groups excluding carboxylic acids is 2. The number of cyclic esters (lactones) is 1. The Hall–Kier alpha value is -2.45. The highest BCUT2D eigenvalue weighted by Gasteiger charge is 2.24. The minimum Gasteiger partial charge on any atom is -0.480 e. The van der Waals surface area contributed by atoms with Crippen molar-refractivity contribution in [3.05, 3.63) is 68.2 Å². The molecule has 0 radical (unpaired) electrons. The van der Waals surface area contributed by atoms with Gasteiger partial charge >= 0.3 is 11.9 Å². The number of esters is 2. The first-order valence-corrected chi connectivity index (χ1v) is 9.92. The van der Waals surface area contributed by atoms with Gasteiger partial charge in [0.25, 0.3) is 0 Å². The number of halogens is 2. The summed E-state index contributed by atoms with van der Waals surface area (Å²) in [6.45, 7) is 1.81. The van der Waals surface area contributed by atoms with Gasteiger partial charge in [-0.05, 0) is 74.7 Å². The van der Waals surface area contributed by atoms with E-state index in [0.717, 1.165) is 5.56 Å². The summed E-state index contributed by atoms with van der Waals surface area (Å²) in [7, 11) is 0. The zero-order valence-electron chi connectivity index (χ0n) is 14.8. The molecule has 0 spiro atoms. The molecule has 2 aromatic carbocycles. The molecule has 0 saturated heterocycles. The lowest BCUT2D eigenvalue weighted by molar-refractivity contribution is -0.145. The summed E-state index contributed by atoms with van der Waals surface area (Å²) in [5.74, 6) is -0.250. The monoisotopic (exact) mass is 507 g/mol. The third-order valence-electron chi connectivity index (χ3n) is 3.60. The van der Waals surface area contributed by atoms with Gasteiger partial charge in [0, 0.05) is 5.56 Å². The van der Waals surface area contributed by atoms with Crippen LogP contribution in [0.1, 0.15) is 18.1 Å². The lowest BCUT2D eigenvalue weighted by atomic mass is 10.2. The third-order valence-corrected chi connectivity index (χ3v) is 4.78. The van der Waals surface area contributed by atoms with Crippen molar-refractivity contribution < 1.29 is 23.8 Å². The Labute approximate surface area is 178 Å². The second-order valence-electron chi connectivity index (χ2n) is 5.61. The number of aliphatic imine (C=N–C) groups is 1. The highest BCUT2D eigenvalue weighted by Crippen LogP contribution is 2.35. The normalized spacial score (nSPS) is 14.6. The average molecular weight is 509 g/mol. The van der Waals surface area contributed by atoms with Crippen molar-refractivity contribution in [1.82, 2.24) is 0 Å². The fourth-order valence-corrected chi connectivity index (χ4v) is 3.86. The summed E-state index contributed by atoms with van der Waals surface area (Å²) in [5.41, 5.74) is 1.62. The lowest BCUT2D eigenvalue weighted by Crippen LogP contribution is -2.15. The van der Waals surface area contributed by atoms with E-state index in [1.54, 1.807) is 25.1 Å². The molecular formula is C20H15Br2NO5. The van der Waals surface area contributed by atoms with Crippen molar-refractivity contribution in [2.24, 2.45) is 4.99 Å². The molecule has 0 aromatic heterocycles. The standard InChI is InChI=1S/C20H15Br2NO5/c1-2-26-17(24)11-27-18-14(21)8-12(9-15(18)22)10-16-20(25)28-19(23-16)13-6-4-3-5-7-13/h3-10H,2,11H2,1H3/b16-10-. The van der Waals surface area contributed by atoms with Gasteiger partial charge in [-0.15, -0.1) is 0 Å². The van der Waals surface area contributed by atoms with E-state index >= 15 is 0 Å². The Kier molecular flexibility index (Phi) is 6.64. The maximum absolute atomic E-state index is 12.1. The fourth-order valence-electron chi connectivity index (χ4n) is 2.41. The van der Waals surface area contributed by atoms with E-state index in [1.807, 2.05) is 30.3 Å². The lowest BCUT2D eigenvalue weighted by Gasteiger charge is -2.10. The predicted octanol–water partition coefficient (Wildman–Crippen LogP) is 4.50. The Balaban J connectivity index is 1.81. The van der Waals surface area contributed by atoms with Gasteiger partial charge in [0.05, 0.1) is 15.6 Å². The van der Waals surface area contributed by atoms with Crippen molar-refractivity contribution in [3.63, 3.8) is 0 Å². The van der Waals surface area contributed by atoms with E-state index in [1.165, 1.54) is 0 Å². The van der Waals surface area contributed by atoms with Crippen LogP contribution < -0.4 is 4.74 Å². The van der Waals surface area contributed by atoms with E-state index in [2.05, 4.69) is 36.9 Å². The van der Waals surface area contributed by atoms with Crippen LogP contribution in [0.5, 0.6) is 5.75 Å². The van der Waals surface area contributed by atoms with Gasteiger partial charge < -0.3 is 14.2 Å².